The van der Waals surface area contributed by atoms with Crippen LogP contribution in [0.1, 0.15) is 45.4 Å². The van der Waals surface area contributed by atoms with Crippen molar-refractivity contribution in [1.82, 2.24) is 4.90 Å². The number of nitrogens with two attached hydrogens (primary N) is 1. The van der Waals surface area contributed by atoms with E-state index in [1.54, 1.807) is 0 Å². The third kappa shape index (κ3) is 2.80. The van der Waals surface area contributed by atoms with Crippen LogP contribution in [-0.4, -0.2) is 42.1 Å². The number of rotatable bonds is 4. The second-order valence-electron chi connectivity index (χ2n) is 5.48. The second-order valence-corrected chi connectivity index (χ2v) is 5.48. The molecule has 2 bridgehead atoms. The van der Waals surface area contributed by atoms with E-state index in [0.29, 0.717) is 12.1 Å². The molecule has 4 atom stereocenters. The molecule has 4 nitrogen and oxygen atoms in total. The van der Waals surface area contributed by atoms with Gasteiger partial charge in [-0.2, -0.15) is 0 Å². The smallest absolute Gasteiger partial charge is 0.323 e. The van der Waals surface area contributed by atoms with Crippen LogP contribution in [0.25, 0.3) is 0 Å². The summed E-state index contributed by atoms with van der Waals surface area (Å²) in [6.45, 7) is 2.03. The molecule has 2 fully saturated rings. The number of ether oxygens (including phenoxy) is 1. The number of esters is 1. The first kappa shape index (κ1) is 12.8. The van der Waals surface area contributed by atoms with E-state index in [1.165, 1.54) is 12.8 Å². The molecule has 2 N–H and O–H groups in total. The molecule has 2 aliphatic rings. The summed E-state index contributed by atoms with van der Waals surface area (Å²) in [4.78, 5) is 14.2. The normalized spacial score (nSPS) is 34.6. The maximum absolute atomic E-state index is 11.8. The van der Waals surface area contributed by atoms with Gasteiger partial charge in [0.1, 0.15) is 12.1 Å². The molecule has 2 unspecified atom stereocenters. The Labute approximate surface area is 103 Å². The summed E-state index contributed by atoms with van der Waals surface area (Å²) in [5.74, 6) is -0.208. The lowest BCUT2D eigenvalue weighted by atomic mass is 10.0. The number of piperidine rings is 1. The molecule has 0 aromatic rings. The van der Waals surface area contributed by atoms with Gasteiger partial charge in [-0.3, -0.25) is 4.79 Å². The third-order valence-corrected chi connectivity index (χ3v) is 4.24. The van der Waals surface area contributed by atoms with Gasteiger partial charge in [-0.25, -0.2) is 0 Å². The van der Waals surface area contributed by atoms with Crippen molar-refractivity contribution in [2.75, 3.05) is 7.05 Å². The minimum absolute atomic E-state index is 0.0964. The van der Waals surface area contributed by atoms with E-state index in [-0.39, 0.29) is 12.1 Å². The van der Waals surface area contributed by atoms with Crippen molar-refractivity contribution in [3.63, 3.8) is 0 Å². The second kappa shape index (κ2) is 5.36. The summed E-state index contributed by atoms with van der Waals surface area (Å²) in [7, 11) is 2.18. The first-order chi connectivity index (χ1) is 8.11. The quantitative estimate of drug-likeness (QED) is 0.752. The highest BCUT2D eigenvalue weighted by atomic mass is 16.5. The summed E-state index contributed by atoms with van der Waals surface area (Å²) in [6.07, 6.45) is 6.20. The van der Waals surface area contributed by atoms with Gasteiger partial charge in [-0.1, -0.05) is 13.3 Å². The van der Waals surface area contributed by atoms with Gasteiger partial charge in [-0.15, -0.1) is 0 Å². The topological polar surface area (TPSA) is 55.6 Å². The van der Waals surface area contributed by atoms with Gasteiger partial charge in [0.05, 0.1) is 0 Å². The van der Waals surface area contributed by atoms with E-state index >= 15 is 0 Å². The number of hydrogen-bond acceptors (Lipinski definition) is 4. The van der Waals surface area contributed by atoms with Crippen LogP contribution in [0.3, 0.4) is 0 Å². The minimum atomic E-state index is -0.433. The lowest BCUT2D eigenvalue weighted by Gasteiger charge is -2.36. The van der Waals surface area contributed by atoms with Crippen LogP contribution in [0, 0.1) is 0 Å². The molecule has 2 rings (SSSR count). The monoisotopic (exact) mass is 240 g/mol. The van der Waals surface area contributed by atoms with Crippen molar-refractivity contribution in [2.24, 2.45) is 5.73 Å². The SMILES string of the molecule is CCCC(N)C(=O)OC1C[C@H]2CC[C@@H](C1)N2C. The maximum atomic E-state index is 11.8. The van der Waals surface area contributed by atoms with Crippen molar-refractivity contribution in [2.45, 2.75) is 69.7 Å². The van der Waals surface area contributed by atoms with E-state index in [0.717, 1.165) is 25.7 Å². The molecule has 17 heavy (non-hydrogen) atoms. The van der Waals surface area contributed by atoms with Crippen LogP contribution < -0.4 is 5.73 Å². The van der Waals surface area contributed by atoms with E-state index in [2.05, 4.69) is 11.9 Å². The Bertz CT molecular complexity index is 269. The summed E-state index contributed by atoms with van der Waals surface area (Å²) in [5, 5.41) is 0. The third-order valence-electron chi connectivity index (χ3n) is 4.24. The molecule has 2 aliphatic heterocycles. The number of fused-ring (bicyclic) bond motifs is 2. The van der Waals surface area contributed by atoms with Gasteiger partial charge in [0, 0.05) is 12.1 Å². The van der Waals surface area contributed by atoms with Crippen molar-refractivity contribution in [3.05, 3.63) is 0 Å². The molecule has 0 aliphatic carbocycles. The average molecular weight is 240 g/mol. The first-order valence-electron chi connectivity index (χ1n) is 6.79. The Hall–Kier alpha value is -0.610. The Morgan fingerprint density at radius 1 is 1.41 bits per heavy atom. The lowest BCUT2D eigenvalue weighted by Crippen LogP contribution is -2.45. The van der Waals surface area contributed by atoms with Crippen molar-refractivity contribution >= 4 is 5.97 Å². The summed E-state index contributed by atoms with van der Waals surface area (Å²) >= 11 is 0. The number of carbonyl (C=O) groups is 1. The molecular formula is C13H24N2O2. The predicted octanol–water partition coefficient (Wildman–Crippen LogP) is 1.28. The zero-order chi connectivity index (χ0) is 12.4. The molecule has 0 saturated carbocycles. The zero-order valence-electron chi connectivity index (χ0n) is 10.9. The highest BCUT2D eigenvalue weighted by molar-refractivity contribution is 5.75. The zero-order valence-corrected chi connectivity index (χ0v) is 10.9. The van der Waals surface area contributed by atoms with Gasteiger partial charge in [-0.05, 0) is 39.2 Å². The van der Waals surface area contributed by atoms with Gasteiger partial charge in [0.25, 0.3) is 0 Å². The maximum Gasteiger partial charge on any atom is 0.323 e. The minimum Gasteiger partial charge on any atom is -0.461 e. The fourth-order valence-corrected chi connectivity index (χ4v) is 3.14. The fraction of sp³-hybridized carbons (Fsp3) is 0.923. The van der Waals surface area contributed by atoms with Gasteiger partial charge >= 0.3 is 5.97 Å². The van der Waals surface area contributed by atoms with Crippen molar-refractivity contribution in [3.8, 4) is 0 Å². The molecule has 0 amide bonds. The summed E-state index contributed by atoms with van der Waals surface area (Å²) in [5.41, 5.74) is 5.77. The van der Waals surface area contributed by atoms with Gasteiger partial charge in [0.15, 0.2) is 0 Å². The van der Waals surface area contributed by atoms with Crippen molar-refractivity contribution < 1.29 is 9.53 Å². The van der Waals surface area contributed by atoms with Crippen LogP contribution in [0.4, 0.5) is 0 Å². The predicted molar refractivity (Wildman–Crippen MR) is 66.6 cm³/mol. The van der Waals surface area contributed by atoms with Crippen LogP contribution in [0.15, 0.2) is 0 Å². The molecule has 0 radical (unpaired) electrons. The Balaban J connectivity index is 1.83. The summed E-state index contributed by atoms with van der Waals surface area (Å²) < 4.78 is 5.54. The van der Waals surface area contributed by atoms with Crippen molar-refractivity contribution in [1.29, 1.82) is 0 Å². The van der Waals surface area contributed by atoms with Gasteiger partial charge < -0.3 is 15.4 Å². The average Bonchev–Trinajstić information content (AvgIpc) is 2.53. The van der Waals surface area contributed by atoms with E-state index in [9.17, 15) is 4.79 Å². The molecule has 98 valence electrons. The summed E-state index contributed by atoms with van der Waals surface area (Å²) in [6, 6.07) is 0.778. The number of carbonyl (C=O) groups excluding carboxylic acids is 1. The van der Waals surface area contributed by atoms with Crippen LogP contribution in [0.2, 0.25) is 0 Å². The van der Waals surface area contributed by atoms with E-state index < -0.39 is 6.04 Å². The first-order valence-corrected chi connectivity index (χ1v) is 6.79. The van der Waals surface area contributed by atoms with Gasteiger partial charge in [0.2, 0.25) is 0 Å². The number of hydrogen-bond donors (Lipinski definition) is 1. The molecular weight excluding hydrogens is 216 g/mol. The molecule has 0 aromatic carbocycles. The fourth-order valence-electron chi connectivity index (χ4n) is 3.14. The standard InChI is InChI=1S/C13H24N2O2/c1-3-4-12(14)13(16)17-11-7-9-5-6-10(8-11)15(9)2/h9-12H,3-8,14H2,1-2H3/t9-,10+,11?,12?. The Kier molecular flexibility index (Phi) is 4.05. The molecule has 0 aromatic heterocycles. The molecule has 4 heteroatoms. The lowest BCUT2D eigenvalue weighted by molar-refractivity contribution is -0.154. The molecule has 2 heterocycles. The van der Waals surface area contributed by atoms with Crippen LogP contribution in [-0.2, 0) is 9.53 Å². The highest BCUT2D eigenvalue weighted by Gasteiger charge is 2.40. The largest absolute Gasteiger partial charge is 0.461 e. The van der Waals surface area contributed by atoms with Crippen LogP contribution >= 0.6 is 0 Å². The van der Waals surface area contributed by atoms with Crippen LogP contribution in [0.5, 0.6) is 0 Å². The number of nitrogens with zero attached hydrogens (tertiary/aromatic N) is 1. The van der Waals surface area contributed by atoms with E-state index in [4.69, 9.17) is 10.5 Å². The Morgan fingerprint density at radius 2 is 2.00 bits per heavy atom. The molecule has 2 saturated heterocycles. The molecule has 0 spiro atoms. The Morgan fingerprint density at radius 3 is 2.53 bits per heavy atom. The highest BCUT2D eigenvalue weighted by Crippen LogP contribution is 2.35. The van der Waals surface area contributed by atoms with E-state index in [1.807, 2.05) is 6.92 Å².